The molecule has 0 bridgehead atoms. The fraction of sp³-hybridized carbons (Fsp3) is 0.278. The van der Waals surface area contributed by atoms with Crippen LogP contribution in [0.1, 0.15) is 16.5 Å². The minimum absolute atomic E-state index is 0.0431. The van der Waals surface area contributed by atoms with Crippen molar-refractivity contribution in [1.29, 1.82) is 0 Å². The van der Waals surface area contributed by atoms with Gasteiger partial charge in [-0.1, -0.05) is 22.0 Å². The van der Waals surface area contributed by atoms with Crippen LogP contribution in [0.2, 0.25) is 0 Å². The Morgan fingerprint density at radius 2 is 2.08 bits per heavy atom. The normalized spacial score (nSPS) is 19.6. The number of carboxylic acids is 1. The van der Waals surface area contributed by atoms with Gasteiger partial charge in [0.1, 0.15) is 24.1 Å². The molecular weight excluding hydrogens is 406 g/mol. The zero-order valence-corrected chi connectivity index (χ0v) is 16.0. The summed E-state index contributed by atoms with van der Waals surface area (Å²) in [7, 11) is 1.63. The van der Waals surface area contributed by atoms with Crippen LogP contribution in [0.4, 0.5) is 0 Å². The number of carbonyl (C=O) groups is 1. The lowest BCUT2D eigenvalue weighted by molar-refractivity contribution is -0.138. The second kappa shape index (κ2) is 8.12. The maximum Gasteiger partial charge on any atom is 0.321 e. The van der Waals surface area contributed by atoms with Crippen LogP contribution in [-0.2, 0) is 11.4 Å². The van der Waals surface area contributed by atoms with Crippen LogP contribution < -0.4 is 14.8 Å². The average molecular weight is 424 g/mol. The number of halogens is 1. The second-order valence-electron chi connectivity index (χ2n) is 5.58. The molecule has 0 spiro atoms. The number of carboxylic acid groups (broad SMARTS) is 1. The third-order valence-electron chi connectivity index (χ3n) is 3.90. The van der Waals surface area contributed by atoms with Crippen LogP contribution >= 0.6 is 27.7 Å². The molecule has 7 heteroatoms. The van der Waals surface area contributed by atoms with Crippen LogP contribution in [-0.4, -0.2) is 30.0 Å². The fourth-order valence-corrected chi connectivity index (χ4v) is 4.06. The van der Waals surface area contributed by atoms with Gasteiger partial charge in [0.2, 0.25) is 0 Å². The summed E-state index contributed by atoms with van der Waals surface area (Å²) < 4.78 is 12.3. The van der Waals surface area contributed by atoms with Crippen LogP contribution in [0.15, 0.2) is 46.9 Å². The molecule has 2 unspecified atom stereocenters. The highest BCUT2D eigenvalue weighted by Gasteiger charge is 2.30. The number of thioether (sulfide) groups is 1. The molecule has 1 heterocycles. The molecule has 0 aromatic heterocycles. The van der Waals surface area contributed by atoms with E-state index in [1.54, 1.807) is 18.9 Å². The van der Waals surface area contributed by atoms with Crippen molar-refractivity contribution in [1.82, 2.24) is 5.32 Å². The van der Waals surface area contributed by atoms with Crippen LogP contribution in [0.25, 0.3) is 0 Å². The minimum atomic E-state index is -0.817. The Labute approximate surface area is 158 Å². The highest BCUT2D eigenvalue weighted by molar-refractivity contribution is 9.10. The quantitative estimate of drug-likeness (QED) is 0.735. The number of aliphatic carboxylic acids is 1. The van der Waals surface area contributed by atoms with Gasteiger partial charge in [0.05, 0.1) is 12.5 Å². The van der Waals surface area contributed by atoms with E-state index in [1.807, 2.05) is 42.5 Å². The summed E-state index contributed by atoms with van der Waals surface area (Å²) in [5.41, 5.74) is 1.94. The van der Waals surface area contributed by atoms with Crippen molar-refractivity contribution in [3.8, 4) is 11.5 Å². The topological polar surface area (TPSA) is 67.8 Å². The van der Waals surface area contributed by atoms with Gasteiger partial charge in [-0.05, 0) is 42.0 Å². The fourth-order valence-electron chi connectivity index (χ4n) is 2.57. The number of benzene rings is 2. The highest BCUT2D eigenvalue weighted by Crippen LogP contribution is 2.35. The third kappa shape index (κ3) is 4.48. The number of hydrogen-bond acceptors (Lipinski definition) is 5. The van der Waals surface area contributed by atoms with E-state index < -0.39 is 12.0 Å². The van der Waals surface area contributed by atoms with Crippen molar-refractivity contribution in [2.75, 3.05) is 12.9 Å². The molecule has 0 radical (unpaired) electrons. The van der Waals surface area contributed by atoms with E-state index in [4.69, 9.17) is 14.6 Å². The summed E-state index contributed by atoms with van der Waals surface area (Å²) in [6.07, 6.45) is 0. The van der Waals surface area contributed by atoms with Crippen molar-refractivity contribution < 1.29 is 19.4 Å². The van der Waals surface area contributed by atoms with E-state index in [-0.39, 0.29) is 5.37 Å². The minimum Gasteiger partial charge on any atom is -0.496 e. The Morgan fingerprint density at radius 3 is 2.72 bits per heavy atom. The molecule has 25 heavy (non-hydrogen) atoms. The summed E-state index contributed by atoms with van der Waals surface area (Å²) in [6, 6.07) is 13.0. The average Bonchev–Trinajstić information content (AvgIpc) is 3.11. The van der Waals surface area contributed by atoms with Crippen molar-refractivity contribution in [3.63, 3.8) is 0 Å². The SMILES string of the molecule is COc1ccc(C2NC(C(=O)O)CS2)cc1COc1ccc(Br)cc1. The Morgan fingerprint density at radius 1 is 1.32 bits per heavy atom. The molecule has 1 saturated heterocycles. The van der Waals surface area contributed by atoms with E-state index in [2.05, 4.69) is 21.2 Å². The Hall–Kier alpha value is -1.70. The number of nitrogens with one attached hydrogen (secondary N) is 1. The molecule has 1 aliphatic rings. The molecule has 0 saturated carbocycles. The van der Waals surface area contributed by atoms with Crippen LogP contribution in [0, 0.1) is 0 Å². The molecule has 0 aliphatic carbocycles. The molecule has 2 N–H and O–H groups in total. The first-order valence-corrected chi connectivity index (χ1v) is 9.56. The maximum atomic E-state index is 11.1. The first-order valence-electron chi connectivity index (χ1n) is 7.72. The first kappa shape index (κ1) is 18.1. The van der Waals surface area contributed by atoms with Gasteiger partial charge in [-0.2, -0.15) is 0 Å². The van der Waals surface area contributed by atoms with Gasteiger partial charge in [-0.25, -0.2) is 0 Å². The van der Waals surface area contributed by atoms with Gasteiger partial charge in [0, 0.05) is 15.8 Å². The van der Waals surface area contributed by atoms with E-state index >= 15 is 0 Å². The van der Waals surface area contributed by atoms with Gasteiger partial charge in [0.15, 0.2) is 0 Å². The zero-order chi connectivity index (χ0) is 17.8. The van der Waals surface area contributed by atoms with Crippen molar-refractivity contribution in [2.24, 2.45) is 0 Å². The van der Waals surface area contributed by atoms with Gasteiger partial charge in [0.25, 0.3) is 0 Å². The molecular formula is C18H18BrNO4S. The lowest BCUT2D eigenvalue weighted by Crippen LogP contribution is -2.33. The molecule has 0 amide bonds. The van der Waals surface area contributed by atoms with Crippen molar-refractivity contribution in [3.05, 3.63) is 58.1 Å². The van der Waals surface area contributed by atoms with E-state index in [9.17, 15) is 4.79 Å². The highest BCUT2D eigenvalue weighted by atomic mass is 79.9. The Bertz CT molecular complexity index is 753. The van der Waals surface area contributed by atoms with E-state index in [1.165, 1.54) is 0 Å². The summed E-state index contributed by atoms with van der Waals surface area (Å²) in [5.74, 6) is 1.26. The molecule has 5 nitrogen and oxygen atoms in total. The van der Waals surface area contributed by atoms with E-state index in [0.717, 1.165) is 27.1 Å². The summed E-state index contributed by atoms with van der Waals surface area (Å²) in [5, 5.41) is 12.2. The molecule has 3 rings (SSSR count). The first-order chi connectivity index (χ1) is 12.1. The van der Waals surface area contributed by atoms with Crippen LogP contribution in [0.3, 0.4) is 0 Å². The van der Waals surface area contributed by atoms with Gasteiger partial charge >= 0.3 is 5.97 Å². The summed E-state index contributed by atoms with van der Waals surface area (Å²) in [4.78, 5) is 11.1. The predicted octanol–water partition coefficient (Wildman–Crippen LogP) is 3.82. The predicted molar refractivity (Wildman–Crippen MR) is 101 cm³/mol. The second-order valence-corrected chi connectivity index (χ2v) is 7.64. The molecule has 1 fully saturated rings. The number of rotatable bonds is 6. The summed E-state index contributed by atoms with van der Waals surface area (Å²) >= 11 is 4.99. The molecule has 132 valence electrons. The molecule has 2 aromatic rings. The lowest BCUT2D eigenvalue weighted by Gasteiger charge is -2.16. The van der Waals surface area contributed by atoms with Crippen molar-refractivity contribution >= 4 is 33.7 Å². The maximum absolute atomic E-state index is 11.1. The molecule has 1 aliphatic heterocycles. The van der Waals surface area contributed by atoms with Gasteiger partial charge in [-0.3, -0.25) is 10.1 Å². The molecule has 2 aromatic carbocycles. The largest absolute Gasteiger partial charge is 0.496 e. The number of methoxy groups -OCH3 is 1. The van der Waals surface area contributed by atoms with Crippen LogP contribution in [0.5, 0.6) is 11.5 Å². The third-order valence-corrected chi connectivity index (χ3v) is 5.69. The van der Waals surface area contributed by atoms with Crippen molar-refractivity contribution in [2.45, 2.75) is 18.0 Å². The van der Waals surface area contributed by atoms with Gasteiger partial charge < -0.3 is 14.6 Å². The monoisotopic (exact) mass is 423 g/mol. The standard InChI is InChI=1S/C18H18BrNO4S/c1-23-16-7-2-11(17-20-15(10-25-17)18(21)22)8-12(16)9-24-14-5-3-13(19)4-6-14/h2-8,15,17,20H,9-10H2,1H3,(H,21,22). The lowest BCUT2D eigenvalue weighted by atomic mass is 10.1. The van der Waals surface area contributed by atoms with Gasteiger partial charge in [-0.15, -0.1) is 11.8 Å². The molecule has 2 atom stereocenters. The Kier molecular flexibility index (Phi) is 5.88. The smallest absolute Gasteiger partial charge is 0.321 e. The van der Waals surface area contributed by atoms with E-state index in [0.29, 0.717) is 12.4 Å². The summed E-state index contributed by atoms with van der Waals surface area (Å²) in [6.45, 7) is 0.373. The number of ether oxygens (including phenoxy) is 2. The zero-order valence-electron chi connectivity index (χ0n) is 13.6. The Balaban J connectivity index is 1.74. The number of hydrogen-bond donors (Lipinski definition) is 2.